The lowest BCUT2D eigenvalue weighted by atomic mass is 9.80. The summed E-state index contributed by atoms with van der Waals surface area (Å²) >= 11 is 0.707. The number of aromatic nitrogens is 2. The molecule has 34 heavy (non-hydrogen) atoms. The van der Waals surface area contributed by atoms with Crippen molar-refractivity contribution in [2.45, 2.75) is 69.6 Å². The molecule has 1 aromatic carbocycles. The van der Waals surface area contributed by atoms with Gasteiger partial charge in [0, 0.05) is 5.69 Å². The fourth-order valence-corrected chi connectivity index (χ4v) is 3.33. The van der Waals surface area contributed by atoms with Crippen LogP contribution < -0.4 is 14.2 Å². The molecular formula is C22H27F6N3O2S. The van der Waals surface area contributed by atoms with Crippen LogP contribution in [0.1, 0.15) is 52.7 Å². The van der Waals surface area contributed by atoms with Crippen LogP contribution in [0, 0.1) is 0 Å². The summed E-state index contributed by atoms with van der Waals surface area (Å²) in [7, 11) is 0. The van der Waals surface area contributed by atoms with Crippen molar-refractivity contribution in [3.05, 3.63) is 35.7 Å². The van der Waals surface area contributed by atoms with Crippen LogP contribution in [-0.2, 0) is 10.8 Å². The first-order valence-corrected chi connectivity index (χ1v) is 11.0. The SMILES string of the molecule is CC(C)(C)c1cc(NSc2c(OCC(F)(F)F)ncnc2OCC(F)(F)F)cc(C(C)(C)C)c1. The standard InChI is InChI=1S/C22H27F6N3O2S/c1-19(2,3)13-7-14(20(4,5)6)9-15(8-13)31-34-16-17(32-10-21(23,24)25)29-12-30-18(16)33-11-22(26,27)28/h7-9,12,31H,10-11H2,1-6H3. The van der Waals surface area contributed by atoms with E-state index in [1.54, 1.807) is 0 Å². The Hall–Kier alpha value is -2.37. The van der Waals surface area contributed by atoms with Crippen LogP contribution in [0.5, 0.6) is 11.8 Å². The highest BCUT2D eigenvalue weighted by molar-refractivity contribution is 8.00. The number of benzene rings is 1. The van der Waals surface area contributed by atoms with E-state index in [9.17, 15) is 26.3 Å². The Bertz CT molecular complexity index is 914. The lowest BCUT2D eigenvalue weighted by molar-refractivity contribution is -0.155. The normalized spacial score (nSPS) is 13.1. The highest BCUT2D eigenvalue weighted by Gasteiger charge is 2.32. The molecule has 1 aromatic heterocycles. The van der Waals surface area contributed by atoms with Crippen LogP contribution in [0.25, 0.3) is 0 Å². The molecule has 0 unspecified atom stereocenters. The van der Waals surface area contributed by atoms with Gasteiger partial charge in [0.1, 0.15) is 6.33 Å². The van der Waals surface area contributed by atoms with E-state index in [1.807, 2.05) is 53.7 Å². The molecule has 0 saturated heterocycles. The lowest BCUT2D eigenvalue weighted by Crippen LogP contribution is -2.21. The Morgan fingerprint density at radius 1 is 0.735 bits per heavy atom. The summed E-state index contributed by atoms with van der Waals surface area (Å²) in [6.45, 7) is 8.83. The van der Waals surface area contributed by atoms with Gasteiger partial charge in [-0.3, -0.25) is 0 Å². The summed E-state index contributed by atoms with van der Waals surface area (Å²) in [5.74, 6) is -1.10. The van der Waals surface area contributed by atoms with E-state index in [1.165, 1.54) is 0 Å². The van der Waals surface area contributed by atoms with Crippen molar-refractivity contribution in [1.29, 1.82) is 0 Å². The van der Waals surface area contributed by atoms with Gasteiger partial charge in [0.15, 0.2) is 18.1 Å². The molecule has 1 heterocycles. The number of nitrogens with zero attached hydrogens (tertiary/aromatic N) is 2. The topological polar surface area (TPSA) is 56.3 Å². The first kappa shape index (κ1) is 27.9. The summed E-state index contributed by atoms with van der Waals surface area (Å²) < 4.78 is 88.4. The zero-order valence-electron chi connectivity index (χ0n) is 19.6. The molecule has 0 spiro atoms. The Labute approximate surface area is 198 Å². The molecule has 0 amide bonds. The van der Waals surface area contributed by atoms with Crippen molar-refractivity contribution in [3.63, 3.8) is 0 Å². The fraction of sp³-hybridized carbons (Fsp3) is 0.545. The maximum absolute atomic E-state index is 12.7. The summed E-state index contributed by atoms with van der Waals surface area (Å²) in [6, 6.07) is 5.79. The summed E-state index contributed by atoms with van der Waals surface area (Å²) in [5, 5.41) is 0. The second-order valence-electron chi connectivity index (χ2n) is 9.62. The number of nitrogens with one attached hydrogen (secondary N) is 1. The second-order valence-corrected chi connectivity index (χ2v) is 10.4. The Morgan fingerprint density at radius 3 is 1.50 bits per heavy atom. The maximum Gasteiger partial charge on any atom is 0.422 e. The van der Waals surface area contributed by atoms with Gasteiger partial charge in [-0.1, -0.05) is 47.6 Å². The van der Waals surface area contributed by atoms with E-state index in [0.29, 0.717) is 17.6 Å². The Kier molecular flexibility index (Phi) is 8.27. The minimum Gasteiger partial charge on any atom is -0.467 e. The highest BCUT2D eigenvalue weighted by Crippen LogP contribution is 2.38. The van der Waals surface area contributed by atoms with Crippen LogP contribution in [0.2, 0.25) is 0 Å². The Balaban J connectivity index is 2.42. The second kappa shape index (κ2) is 10.1. The number of halogens is 6. The third kappa shape index (κ3) is 8.77. The molecule has 2 rings (SSSR count). The number of hydrogen-bond acceptors (Lipinski definition) is 6. The fourth-order valence-electron chi connectivity index (χ4n) is 2.60. The van der Waals surface area contributed by atoms with Crippen molar-refractivity contribution >= 4 is 17.6 Å². The van der Waals surface area contributed by atoms with Gasteiger partial charge in [-0.2, -0.15) is 26.3 Å². The maximum atomic E-state index is 12.7. The number of anilines is 1. The average Bonchev–Trinajstić information content (AvgIpc) is 2.67. The molecule has 0 aliphatic heterocycles. The van der Waals surface area contributed by atoms with Gasteiger partial charge < -0.3 is 14.2 Å². The predicted molar refractivity (Wildman–Crippen MR) is 118 cm³/mol. The molecule has 2 aromatic rings. The number of rotatable bonds is 7. The smallest absolute Gasteiger partial charge is 0.422 e. The molecule has 0 fully saturated rings. The van der Waals surface area contributed by atoms with Gasteiger partial charge in [0.25, 0.3) is 0 Å². The van der Waals surface area contributed by atoms with Crippen molar-refractivity contribution in [2.24, 2.45) is 0 Å². The van der Waals surface area contributed by atoms with Crippen LogP contribution in [0.3, 0.4) is 0 Å². The quantitative estimate of drug-likeness (QED) is 0.317. The minimum absolute atomic E-state index is 0.208. The summed E-state index contributed by atoms with van der Waals surface area (Å²) in [5.41, 5.74) is 2.17. The summed E-state index contributed by atoms with van der Waals surface area (Å²) in [4.78, 5) is 7.07. The van der Waals surface area contributed by atoms with Crippen LogP contribution in [-0.4, -0.2) is 35.5 Å². The number of hydrogen-bond donors (Lipinski definition) is 1. The van der Waals surface area contributed by atoms with Crippen LogP contribution >= 0.6 is 11.9 Å². The molecule has 0 aliphatic carbocycles. The van der Waals surface area contributed by atoms with Gasteiger partial charge >= 0.3 is 12.4 Å². The molecule has 0 aliphatic rings. The first-order chi connectivity index (χ1) is 15.4. The minimum atomic E-state index is -4.67. The molecule has 0 radical (unpaired) electrons. The van der Waals surface area contributed by atoms with Gasteiger partial charge in [-0.25, -0.2) is 9.97 Å². The third-order valence-corrected chi connectivity index (χ3v) is 5.31. The van der Waals surface area contributed by atoms with E-state index in [4.69, 9.17) is 9.47 Å². The van der Waals surface area contributed by atoms with E-state index in [-0.39, 0.29) is 15.7 Å². The lowest BCUT2D eigenvalue weighted by Gasteiger charge is -2.26. The number of ether oxygens (including phenoxy) is 2. The van der Waals surface area contributed by atoms with Crippen LogP contribution in [0.4, 0.5) is 32.0 Å². The van der Waals surface area contributed by atoms with Crippen LogP contribution in [0.15, 0.2) is 29.4 Å². The molecule has 0 bridgehead atoms. The van der Waals surface area contributed by atoms with E-state index in [0.717, 1.165) is 17.5 Å². The van der Waals surface area contributed by atoms with Crippen molar-refractivity contribution < 1.29 is 35.8 Å². The molecule has 1 N–H and O–H groups in total. The molecule has 190 valence electrons. The van der Waals surface area contributed by atoms with Crippen molar-refractivity contribution in [3.8, 4) is 11.8 Å². The third-order valence-electron chi connectivity index (χ3n) is 4.42. The monoisotopic (exact) mass is 511 g/mol. The van der Waals surface area contributed by atoms with E-state index >= 15 is 0 Å². The zero-order chi connectivity index (χ0) is 25.9. The van der Waals surface area contributed by atoms with Gasteiger partial charge in [-0.05, 0) is 46.0 Å². The zero-order valence-corrected chi connectivity index (χ0v) is 20.4. The van der Waals surface area contributed by atoms with Gasteiger partial charge in [-0.15, -0.1) is 0 Å². The van der Waals surface area contributed by atoms with Crippen molar-refractivity contribution in [2.75, 3.05) is 17.9 Å². The van der Waals surface area contributed by atoms with E-state index < -0.39 is 37.3 Å². The molecular weight excluding hydrogens is 484 g/mol. The molecule has 0 atom stereocenters. The Morgan fingerprint density at radius 2 is 1.15 bits per heavy atom. The van der Waals surface area contributed by atoms with Gasteiger partial charge in [0.2, 0.25) is 11.8 Å². The number of alkyl halides is 6. The largest absolute Gasteiger partial charge is 0.467 e. The van der Waals surface area contributed by atoms with Gasteiger partial charge in [0.05, 0.1) is 0 Å². The van der Waals surface area contributed by atoms with E-state index in [2.05, 4.69) is 20.8 Å². The summed E-state index contributed by atoms with van der Waals surface area (Å²) in [6.07, 6.45) is -8.56. The molecule has 0 saturated carbocycles. The molecule has 12 heteroatoms. The predicted octanol–water partition coefficient (Wildman–Crippen LogP) is 7.07. The average molecular weight is 512 g/mol. The van der Waals surface area contributed by atoms with Crippen molar-refractivity contribution in [1.82, 2.24) is 9.97 Å². The first-order valence-electron chi connectivity index (χ1n) is 10.2. The molecule has 5 nitrogen and oxygen atoms in total. The highest BCUT2D eigenvalue weighted by atomic mass is 32.2.